The van der Waals surface area contributed by atoms with E-state index in [0.29, 0.717) is 5.92 Å². The third kappa shape index (κ3) is 4.48. The van der Waals surface area contributed by atoms with Gasteiger partial charge in [0.05, 0.1) is 10.5 Å². The van der Waals surface area contributed by atoms with Crippen LogP contribution in [0.3, 0.4) is 0 Å². The van der Waals surface area contributed by atoms with Crippen LogP contribution >= 0.6 is 15.9 Å². The molecule has 1 aromatic rings. The van der Waals surface area contributed by atoms with Gasteiger partial charge in [0, 0.05) is 4.47 Å². The van der Waals surface area contributed by atoms with Crippen molar-refractivity contribution < 1.29 is 13.2 Å². The van der Waals surface area contributed by atoms with Crippen molar-refractivity contribution in [1.82, 2.24) is 0 Å². The average molecular weight is 363 g/mol. The van der Waals surface area contributed by atoms with Crippen molar-refractivity contribution in [3.63, 3.8) is 0 Å². The van der Waals surface area contributed by atoms with Crippen molar-refractivity contribution in [1.29, 1.82) is 0 Å². The molecule has 20 heavy (non-hydrogen) atoms. The minimum Gasteiger partial charge on any atom is -0.492 e. The van der Waals surface area contributed by atoms with Crippen LogP contribution < -0.4 is 4.74 Å². The van der Waals surface area contributed by atoms with Crippen molar-refractivity contribution in [2.24, 2.45) is 0 Å². The number of hydrogen-bond donors (Lipinski definition) is 0. The third-order valence-corrected chi connectivity index (χ3v) is 6.20. The second-order valence-electron chi connectivity index (χ2n) is 6.12. The van der Waals surface area contributed by atoms with E-state index in [-0.39, 0.29) is 12.4 Å². The molecule has 0 aliphatic rings. The van der Waals surface area contributed by atoms with E-state index in [4.69, 9.17) is 4.74 Å². The standard InChI is InChI=1S/C15H23BrO3S/c1-11(2)13-10-12(16)6-7-14(13)19-8-9-20(17,18)15(3,4)5/h6-7,10-11H,8-9H2,1-5H3. The zero-order valence-electron chi connectivity index (χ0n) is 12.7. The Kier molecular flexibility index (Phi) is 5.67. The summed E-state index contributed by atoms with van der Waals surface area (Å²) in [5.41, 5.74) is 1.08. The van der Waals surface area contributed by atoms with Crippen LogP contribution in [-0.2, 0) is 9.84 Å². The fourth-order valence-corrected chi connectivity index (χ4v) is 2.96. The second-order valence-corrected chi connectivity index (χ2v) is 9.89. The molecule has 0 saturated carbocycles. The summed E-state index contributed by atoms with van der Waals surface area (Å²) in [5.74, 6) is 1.11. The van der Waals surface area contributed by atoms with Gasteiger partial charge < -0.3 is 4.74 Å². The molecule has 0 atom stereocenters. The van der Waals surface area contributed by atoms with Crippen LogP contribution in [0.1, 0.15) is 46.1 Å². The molecule has 0 fully saturated rings. The van der Waals surface area contributed by atoms with E-state index in [2.05, 4.69) is 29.8 Å². The Morgan fingerprint density at radius 2 is 1.85 bits per heavy atom. The van der Waals surface area contributed by atoms with E-state index in [1.807, 2.05) is 18.2 Å². The van der Waals surface area contributed by atoms with Gasteiger partial charge in [-0.25, -0.2) is 8.42 Å². The third-order valence-electron chi connectivity index (χ3n) is 3.14. The zero-order chi connectivity index (χ0) is 15.6. The normalized spacial score (nSPS) is 12.8. The van der Waals surface area contributed by atoms with Crippen molar-refractivity contribution in [3.8, 4) is 5.75 Å². The van der Waals surface area contributed by atoms with Crippen molar-refractivity contribution in [2.45, 2.75) is 45.3 Å². The molecule has 0 aliphatic heterocycles. The Morgan fingerprint density at radius 1 is 1.25 bits per heavy atom. The Bertz CT molecular complexity index is 557. The Labute approximate surface area is 130 Å². The average Bonchev–Trinajstić information content (AvgIpc) is 2.29. The summed E-state index contributed by atoms with van der Waals surface area (Å²) in [4.78, 5) is 0. The predicted octanol–water partition coefficient (Wildman–Crippen LogP) is 4.16. The number of benzene rings is 1. The first kappa shape index (κ1) is 17.5. The molecule has 1 aromatic carbocycles. The van der Waals surface area contributed by atoms with Crippen molar-refractivity contribution in [3.05, 3.63) is 28.2 Å². The van der Waals surface area contributed by atoms with Crippen molar-refractivity contribution in [2.75, 3.05) is 12.4 Å². The first-order valence-electron chi connectivity index (χ1n) is 6.69. The minimum atomic E-state index is -3.14. The van der Waals surface area contributed by atoms with Crippen LogP contribution in [0, 0.1) is 0 Å². The van der Waals surface area contributed by atoms with Crippen LogP contribution in [0.4, 0.5) is 0 Å². The minimum absolute atomic E-state index is 0.0318. The summed E-state index contributed by atoms with van der Waals surface area (Å²) in [6.07, 6.45) is 0. The number of halogens is 1. The van der Waals surface area contributed by atoms with Gasteiger partial charge in [0.15, 0.2) is 9.84 Å². The van der Waals surface area contributed by atoms with E-state index in [9.17, 15) is 8.42 Å². The lowest BCUT2D eigenvalue weighted by molar-refractivity contribution is 0.334. The van der Waals surface area contributed by atoms with E-state index in [1.54, 1.807) is 20.8 Å². The first-order chi connectivity index (χ1) is 9.04. The van der Waals surface area contributed by atoms with Crippen LogP contribution in [-0.4, -0.2) is 25.5 Å². The van der Waals surface area contributed by atoms with Crippen LogP contribution in [0.5, 0.6) is 5.75 Å². The van der Waals surface area contributed by atoms with Crippen LogP contribution in [0.25, 0.3) is 0 Å². The van der Waals surface area contributed by atoms with Crippen LogP contribution in [0.15, 0.2) is 22.7 Å². The van der Waals surface area contributed by atoms with Crippen LogP contribution in [0.2, 0.25) is 0 Å². The Morgan fingerprint density at radius 3 is 2.35 bits per heavy atom. The topological polar surface area (TPSA) is 43.4 Å². The van der Waals surface area contributed by atoms with Gasteiger partial charge in [-0.05, 0) is 50.5 Å². The second kappa shape index (κ2) is 6.48. The molecule has 0 bridgehead atoms. The van der Waals surface area contributed by atoms with Gasteiger partial charge in [-0.2, -0.15) is 0 Å². The Balaban J connectivity index is 2.77. The molecule has 5 heteroatoms. The Hall–Kier alpha value is -0.550. The largest absolute Gasteiger partial charge is 0.492 e. The number of hydrogen-bond acceptors (Lipinski definition) is 3. The van der Waals surface area contributed by atoms with E-state index >= 15 is 0 Å². The molecule has 0 saturated heterocycles. The van der Waals surface area contributed by atoms with Gasteiger partial charge in [0.1, 0.15) is 12.4 Å². The summed E-state index contributed by atoms with van der Waals surface area (Å²) in [7, 11) is -3.14. The molecule has 114 valence electrons. The zero-order valence-corrected chi connectivity index (χ0v) is 15.1. The maximum atomic E-state index is 12.0. The summed E-state index contributed by atoms with van der Waals surface area (Å²) < 4.78 is 30.0. The maximum absolute atomic E-state index is 12.0. The highest BCUT2D eigenvalue weighted by molar-refractivity contribution is 9.10. The fourth-order valence-electron chi connectivity index (χ4n) is 1.67. The van der Waals surface area contributed by atoms with Crippen molar-refractivity contribution >= 4 is 25.8 Å². The lowest BCUT2D eigenvalue weighted by Gasteiger charge is -2.20. The summed E-state index contributed by atoms with van der Waals surface area (Å²) in [6.45, 7) is 9.48. The predicted molar refractivity (Wildman–Crippen MR) is 87.3 cm³/mol. The molecule has 0 aromatic heterocycles. The summed E-state index contributed by atoms with van der Waals surface area (Å²) in [5, 5.41) is 0. The first-order valence-corrected chi connectivity index (χ1v) is 9.13. The highest BCUT2D eigenvalue weighted by Crippen LogP contribution is 2.29. The van der Waals surface area contributed by atoms with Gasteiger partial charge in [-0.15, -0.1) is 0 Å². The summed E-state index contributed by atoms with van der Waals surface area (Å²) in [6, 6.07) is 5.79. The lowest BCUT2D eigenvalue weighted by Crippen LogP contribution is -2.32. The molecule has 0 aliphatic carbocycles. The van der Waals surface area contributed by atoms with Gasteiger partial charge in [0.2, 0.25) is 0 Å². The van der Waals surface area contributed by atoms with E-state index in [0.717, 1.165) is 15.8 Å². The fraction of sp³-hybridized carbons (Fsp3) is 0.600. The molecular formula is C15H23BrO3S. The van der Waals surface area contributed by atoms with Gasteiger partial charge in [-0.3, -0.25) is 0 Å². The van der Waals surface area contributed by atoms with Gasteiger partial charge >= 0.3 is 0 Å². The molecule has 3 nitrogen and oxygen atoms in total. The smallest absolute Gasteiger partial charge is 0.158 e. The number of ether oxygens (including phenoxy) is 1. The van der Waals surface area contributed by atoms with E-state index < -0.39 is 14.6 Å². The highest BCUT2D eigenvalue weighted by Gasteiger charge is 2.28. The SMILES string of the molecule is CC(C)c1cc(Br)ccc1OCCS(=O)(=O)C(C)(C)C. The lowest BCUT2D eigenvalue weighted by atomic mass is 10.0. The monoisotopic (exact) mass is 362 g/mol. The molecule has 0 N–H and O–H groups in total. The van der Waals surface area contributed by atoms with E-state index in [1.165, 1.54) is 0 Å². The molecule has 1 rings (SSSR count). The maximum Gasteiger partial charge on any atom is 0.158 e. The molecule has 0 spiro atoms. The molecule has 0 unspecified atom stereocenters. The molecular weight excluding hydrogens is 340 g/mol. The highest BCUT2D eigenvalue weighted by atomic mass is 79.9. The molecule has 0 heterocycles. The quantitative estimate of drug-likeness (QED) is 0.789. The molecule has 0 amide bonds. The number of rotatable bonds is 5. The van der Waals surface area contributed by atoms with Gasteiger partial charge in [0.25, 0.3) is 0 Å². The molecule has 0 radical (unpaired) electrons. The summed E-state index contributed by atoms with van der Waals surface area (Å²) >= 11 is 3.44. The number of sulfone groups is 1. The van der Waals surface area contributed by atoms with Gasteiger partial charge in [-0.1, -0.05) is 29.8 Å².